The van der Waals surface area contributed by atoms with E-state index in [1.165, 1.54) is 0 Å². The Morgan fingerprint density at radius 1 is 1.48 bits per heavy atom. The van der Waals surface area contributed by atoms with Crippen LogP contribution in [0.4, 0.5) is 0 Å². The standard InChI is InChI=1S/C16H21ClN2O2/c1-2-20-14-7-3-6-13-16(14)18-15(8-9-17)19(13)11-12-5-4-10-21-12/h3,6-7,12H,2,4-5,8-11H2,1H3. The van der Waals surface area contributed by atoms with Crippen LogP contribution in [0.2, 0.25) is 0 Å². The van der Waals surface area contributed by atoms with Gasteiger partial charge in [-0.15, -0.1) is 11.6 Å². The maximum atomic E-state index is 5.94. The van der Waals surface area contributed by atoms with Gasteiger partial charge in [-0.05, 0) is 31.9 Å². The fourth-order valence-electron chi connectivity index (χ4n) is 2.91. The zero-order chi connectivity index (χ0) is 14.7. The van der Waals surface area contributed by atoms with E-state index >= 15 is 0 Å². The van der Waals surface area contributed by atoms with E-state index in [1.54, 1.807) is 0 Å². The number of hydrogen-bond acceptors (Lipinski definition) is 3. The Hall–Kier alpha value is -1.26. The molecule has 0 bridgehead atoms. The van der Waals surface area contributed by atoms with Crippen LogP contribution >= 0.6 is 11.6 Å². The van der Waals surface area contributed by atoms with Crippen molar-refractivity contribution in [1.82, 2.24) is 9.55 Å². The molecule has 1 aromatic heterocycles. The summed E-state index contributed by atoms with van der Waals surface area (Å²) < 4.78 is 13.7. The SMILES string of the molecule is CCOc1cccc2c1nc(CCCl)n2CC1CCCO1. The van der Waals surface area contributed by atoms with Crippen molar-refractivity contribution in [2.45, 2.75) is 38.8 Å². The van der Waals surface area contributed by atoms with Gasteiger partial charge >= 0.3 is 0 Å². The van der Waals surface area contributed by atoms with Crippen molar-refractivity contribution in [3.63, 3.8) is 0 Å². The molecule has 1 fully saturated rings. The number of imidazole rings is 1. The normalized spacial score (nSPS) is 18.5. The van der Waals surface area contributed by atoms with Crippen LogP contribution in [0.25, 0.3) is 11.0 Å². The van der Waals surface area contributed by atoms with E-state index in [0.717, 1.165) is 55.0 Å². The lowest BCUT2D eigenvalue weighted by Gasteiger charge is -2.14. The van der Waals surface area contributed by atoms with Gasteiger partial charge in [0.2, 0.25) is 0 Å². The molecule has 5 heteroatoms. The molecular formula is C16H21ClN2O2. The lowest BCUT2D eigenvalue weighted by Crippen LogP contribution is -2.17. The van der Waals surface area contributed by atoms with Crippen LogP contribution in [0.15, 0.2) is 18.2 Å². The Labute approximate surface area is 130 Å². The first-order valence-electron chi connectivity index (χ1n) is 7.62. The van der Waals surface area contributed by atoms with Gasteiger partial charge in [-0.2, -0.15) is 0 Å². The second-order valence-electron chi connectivity index (χ2n) is 5.27. The van der Waals surface area contributed by atoms with Crippen molar-refractivity contribution in [3.05, 3.63) is 24.0 Å². The highest BCUT2D eigenvalue weighted by molar-refractivity contribution is 6.17. The molecule has 1 atom stereocenters. The number of hydrogen-bond donors (Lipinski definition) is 0. The summed E-state index contributed by atoms with van der Waals surface area (Å²) >= 11 is 5.94. The summed E-state index contributed by atoms with van der Waals surface area (Å²) in [7, 11) is 0. The smallest absolute Gasteiger partial charge is 0.147 e. The molecule has 2 heterocycles. The molecule has 0 radical (unpaired) electrons. The third kappa shape index (κ3) is 3.01. The molecule has 0 spiro atoms. The summed E-state index contributed by atoms with van der Waals surface area (Å²) in [6.07, 6.45) is 3.30. The molecule has 0 aliphatic carbocycles. The molecule has 1 aliphatic heterocycles. The molecule has 3 rings (SSSR count). The topological polar surface area (TPSA) is 36.3 Å². The van der Waals surface area contributed by atoms with Gasteiger partial charge < -0.3 is 14.0 Å². The maximum Gasteiger partial charge on any atom is 0.147 e. The minimum absolute atomic E-state index is 0.284. The van der Waals surface area contributed by atoms with Crippen molar-refractivity contribution in [2.75, 3.05) is 19.1 Å². The zero-order valence-corrected chi connectivity index (χ0v) is 13.1. The summed E-state index contributed by atoms with van der Waals surface area (Å²) in [6.45, 7) is 4.34. The molecule has 114 valence electrons. The number of ether oxygens (including phenoxy) is 2. The summed E-state index contributed by atoms with van der Waals surface area (Å²) in [5.74, 6) is 2.43. The highest BCUT2D eigenvalue weighted by Gasteiger charge is 2.20. The summed E-state index contributed by atoms with van der Waals surface area (Å²) in [4.78, 5) is 4.76. The lowest BCUT2D eigenvalue weighted by molar-refractivity contribution is 0.0972. The average Bonchev–Trinajstić information content (AvgIpc) is 3.10. The van der Waals surface area contributed by atoms with E-state index in [4.69, 9.17) is 26.1 Å². The van der Waals surface area contributed by atoms with Gasteiger partial charge in [-0.1, -0.05) is 6.07 Å². The minimum atomic E-state index is 0.284. The number of aromatic nitrogens is 2. The third-order valence-corrected chi connectivity index (χ3v) is 4.04. The summed E-state index contributed by atoms with van der Waals surface area (Å²) in [5, 5.41) is 0. The predicted octanol–water partition coefficient (Wildman–Crippen LogP) is 3.40. The second-order valence-corrected chi connectivity index (χ2v) is 5.65. The predicted molar refractivity (Wildman–Crippen MR) is 84.3 cm³/mol. The number of aryl methyl sites for hydroxylation is 1. The van der Waals surface area contributed by atoms with Crippen LogP contribution in [0, 0.1) is 0 Å². The number of halogens is 1. The molecule has 21 heavy (non-hydrogen) atoms. The highest BCUT2D eigenvalue weighted by Crippen LogP contribution is 2.28. The summed E-state index contributed by atoms with van der Waals surface area (Å²) in [5.41, 5.74) is 2.04. The molecule has 2 aromatic rings. The largest absolute Gasteiger partial charge is 0.492 e. The highest BCUT2D eigenvalue weighted by atomic mass is 35.5. The van der Waals surface area contributed by atoms with Crippen LogP contribution in [-0.4, -0.2) is 34.7 Å². The number of rotatable bonds is 6. The van der Waals surface area contributed by atoms with Crippen LogP contribution < -0.4 is 4.74 Å². The fourth-order valence-corrected chi connectivity index (χ4v) is 3.08. The van der Waals surface area contributed by atoms with Gasteiger partial charge in [0.25, 0.3) is 0 Å². The molecule has 0 N–H and O–H groups in total. The Kier molecular flexibility index (Phi) is 4.66. The van der Waals surface area contributed by atoms with E-state index in [2.05, 4.69) is 10.6 Å². The van der Waals surface area contributed by atoms with Crippen LogP contribution in [-0.2, 0) is 17.7 Å². The number of nitrogens with zero attached hydrogens (tertiary/aromatic N) is 2. The number of fused-ring (bicyclic) bond motifs is 1. The number of alkyl halides is 1. The molecule has 4 nitrogen and oxygen atoms in total. The van der Waals surface area contributed by atoms with E-state index in [0.29, 0.717) is 12.5 Å². The molecule has 1 aliphatic rings. The second kappa shape index (κ2) is 6.67. The molecular weight excluding hydrogens is 288 g/mol. The van der Waals surface area contributed by atoms with Gasteiger partial charge in [0.15, 0.2) is 0 Å². The molecule has 1 unspecified atom stereocenters. The Morgan fingerprint density at radius 3 is 3.10 bits per heavy atom. The zero-order valence-electron chi connectivity index (χ0n) is 12.3. The van der Waals surface area contributed by atoms with Crippen molar-refractivity contribution in [3.8, 4) is 5.75 Å². The van der Waals surface area contributed by atoms with E-state index in [9.17, 15) is 0 Å². The van der Waals surface area contributed by atoms with Crippen LogP contribution in [0.1, 0.15) is 25.6 Å². The van der Waals surface area contributed by atoms with Gasteiger partial charge in [-0.3, -0.25) is 0 Å². The van der Waals surface area contributed by atoms with E-state index in [1.807, 2.05) is 19.1 Å². The first-order valence-corrected chi connectivity index (χ1v) is 8.15. The number of benzene rings is 1. The van der Waals surface area contributed by atoms with Gasteiger partial charge in [-0.25, -0.2) is 4.98 Å². The number of para-hydroxylation sites is 1. The van der Waals surface area contributed by atoms with Crippen LogP contribution in [0.3, 0.4) is 0 Å². The molecule has 0 amide bonds. The molecule has 1 aromatic carbocycles. The Morgan fingerprint density at radius 2 is 2.38 bits per heavy atom. The van der Waals surface area contributed by atoms with Gasteiger partial charge in [0, 0.05) is 18.9 Å². The third-order valence-electron chi connectivity index (χ3n) is 3.85. The Balaban J connectivity index is 2.01. The van der Waals surface area contributed by atoms with Gasteiger partial charge in [0.1, 0.15) is 17.1 Å². The first-order chi connectivity index (χ1) is 10.3. The van der Waals surface area contributed by atoms with Crippen molar-refractivity contribution in [1.29, 1.82) is 0 Å². The van der Waals surface area contributed by atoms with E-state index < -0.39 is 0 Å². The quantitative estimate of drug-likeness (QED) is 0.767. The van der Waals surface area contributed by atoms with Crippen molar-refractivity contribution >= 4 is 22.6 Å². The Bertz CT molecular complexity index is 606. The van der Waals surface area contributed by atoms with E-state index in [-0.39, 0.29) is 6.10 Å². The van der Waals surface area contributed by atoms with Gasteiger partial charge in [0.05, 0.1) is 24.8 Å². The monoisotopic (exact) mass is 308 g/mol. The fraction of sp³-hybridized carbons (Fsp3) is 0.562. The van der Waals surface area contributed by atoms with Crippen molar-refractivity contribution in [2.24, 2.45) is 0 Å². The van der Waals surface area contributed by atoms with Crippen molar-refractivity contribution < 1.29 is 9.47 Å². The average molecular weight is 309 g/mol. The lowest BCUT2D eigenvalue weighted by atomic mass is 10.2. The van der Waals surface area contributed by atoms with Crippen LogP contribution in [0.5, 0.6) is 5.75 Å². The minimum Gasteiger partial charge on any atom is -0.492 e. The molecule has 0 saturated carbocycles. The first kappa shape index (κ1) is 14.7. The molecule has 1 saturated heterocycles. The maximum absolute atomic E-state index is 5.94. The summed E-state index contributed by atoms with van der Waals surface area (Å²) in [6, 6.07) is 6.09.